The molecule has 0 bridgehead atoms. The predicted molar refractivity (Wildman–Crippen MR) is 90.9 cm³/mol. The molecule has 3 rings (SSSR count). The fourth-order valence-corrected chi connectivity index (χ4v) is 2.74. The van der Waals surface area contributed by atoms with E-state index in [2.05, 4.69) is 5.32 Å². The van der Waals surface area contributed by atoms with Gasteiger partial charge in [-0.25, -0.2) is 4.79 Å². The van der Waals surface area contributed by atoms with Gasteiger partial charge >= 0.3 is 6.03 Å². The second-order valence-electron chi connectivity index (χ2n) is 5.80. The van der Waals surface area contributed by atoms with Gasteiger partial charge in [0.15, 0.2) is 0 Å². The van der Waals surface area contributed by atoms with Crippen molar-refractivity contribution in [3.8, 4) is 5.75 Å². The molecule has 1 atom stereocenters. The maximum Gasteiger partial charge on any atom is 0.324 e. The lowest BCUT2D eigenvalue weighted by Gasteiger charge is -2.14. The molecule has 1 saturated heterocycles. The minimum atomic E-state index is -0.502. The molecule has 0 unspecified atom stereocenters. The van der Waals surface area contributed by atoms with Crippen LogP contribution in [0.15, 0.2) is 54.6 Å². The summed E-state index contributed by atoms with van der Waals surface area (Å²) in [6.07, 6.45) is 0.501. The number of urea groups is 1. The zero-order chi connectivity index (χ0) is 16.9. The Morgan fingerprint density at radius 1 is 1.04 bits per heavy atom. The molecule has 0 saturated carbocycles. The summed E-state index contributed by atoms with van der Waals surface area (Å²) in [7, 11) is 0. The molecular formula is C19H20N2O3. The third-order valence-corrected chi connectivity index (χ3v) is 4.06. The van der Waals surface area contributed by atoms with Gasteiger partial charge in [0.25, 0.3) is 5.91 Å². The molecule has 0 radical (unpaired) electrons. The van der Waals surface area contributed by atoms with Gasteiger partial charge in [0.2, 0.25) is 0 Å². The highest BCUT2D eigenvalue weighted by atomic mass is 16.5. The first-order valence-corrected chi connectivity index (χ1v) is 7.99. The molecule has 124 valence electrons. The fourth-order valence-electron chi connectivity index (χ4n) is 2.74. The molecule has 1 heterocycles. The Labute approximate surface area is 141 Å². The molecule has 1 aliphatic rings. The van der Waals surface area contributed by atoms with Crippen LogP contribution < -0.4 is 10.1 Å². The summed E-state index contributed by atoms with van der Waals surface area (Å²) in [6, 6.07) is 16.5. The number of ether oxygens (including phenoxy) is 1. The lowest BCUT2D eigenvalue weighted by molar-refractivity contribution is -0.127. The van der Waals surface area contributed by atoms with Crippen LogP contribution in [0, 0.1) is 6.92 Å². The number of hydrogen-bond acceptors (Lipinski definition) is 3. The first-order valence-electron chi connectivity index (χ1n) is 7.99. The summed E-state index contributed by atoms with van der Waals surface area (Å²) < 4.78 is 5.68. The Morgan fingerprint density at radius 3 is 2.50 bits per heavy atom. The van der Waals surface area contributed by atoms with Crippen LogP contribution >= 0.6 is 0 Å². The smallest absolute Gasteiger partial charge is 0.324 e. The van der Waals surface area contributed by atoms with Crippen LogP contribution in [0.5, 0.6) is 5.75 Å². The molecule has 1 fully saturated rings. The normalized spacial score (nSPS) is 17.0. The molecule has 0 aliphatic carbocycles. The van der Waals surface area contributed by atoms with Gasteiger partial charge in [-0.05, 0) is 24.1 Å². The minimum Gasteiger partial charge on any atom is -0.491 e. The van der Waals surface area contributed by atoms with Gasteiger partial charge in [0, 0.05) is 6.42 Å². The highest BCUT2D eigenvalue weighted by molar-refractivity contribution is 6.04. The molecule has 0 spiro atoms. The maximum atomic E-state index is 12.4. The topological polar surface area (TPSA) is 58.6 Å². The Bertz CT molecular complexity index is 730. The quantitative estimate of drug-likeness (QED) is 0.831. The molecular weight excluding hydrogens is 304 g/mol. The minimum absolute atomic E-state index is 0.197. The highest BCUT2D eigenvalue weighted by Crippen LogP contribution is 2.17. The van der Waals surface area contributed by atoms with Crippen LogP contribution in [0.3, 0.4) is 0 Å². The summed E-state index contributed by atoms with van der Waals surface area (Å²) in [6.45, 7) is 2.48. The van der Waals surface area contributed by atoms with E-state index in [0.717, 1.165) is 16.9 Å². The number of amides is 3. The molecule has 1 N–H and O–H groups in total. The summed E-state index contributed by atoms with van der Waals surface area (Å²) >= 11 is 0. The van der Waals surface area contributed by atoms with Crippen LogP contribution in [0.25, 0.3) is 0 Å². The van der Waals surface area contributed by atoms with Crippen molar-refractivity contribution in [1.82, 2.24) is 10.2 Å². The number of aryl methyl sites for hydroxylation is 1. The van der Waals surface area contributed by atoms with Crippen molar-refractivity contribution < 1.29 is 14.3 Å². The van der Waals surface area contributed by atoms with E-state index in [1.807, 2.05) is 61.5 Å². The van der Waals surface area contributed by atoms with E-state index < -0.39 is 6.04 Å². The highest BCUT2D eigenvalue weighted by Gasteiger charge is 2.37. The molecule has 5 nitrogen and oxygen atoms in total. The van der Waals surface area contributed by atoms with E-state index >= 15 is 0 Å². The van der Waals surface area contributed by atoms with Crippen LogP contribution in [0.2, 0.25) is 0 Å². The lowest BCUT2D eigenvalue weighted by atomic mass is 10.1. The number of carbonyl (C=O) groups excluding carboxylic acids is 2. The largest absolute Gasteiger partial charge is 0.491 e. The van der Waals surface area contributed by atoms with Gasteiger partial charge < -0.3 is 10.1 Å². The van der Waals surface area contributed by atoms with E-state index in [4.69, 9.17) is 4.74 Å². The summed E-state index contributed by atoms with van der Waals surface area (Å²) in [5, 5.41) is 2.74. The molecule has 1 aliphatic heterocycles. The third-order valence-electron chi connectivity index (χ3n) is 4.06. The number of nitrogens with one attached hydrogen (secondary N) is 1. The van der Waals surface area contributed by atoms with E-state index in [1.54, 1.807) is 0 Å². The number of para-hydroxylation sites is 1. The van der Waals surface area contributed by atoms with Crippen molar-refractivity contribution in [2.75, 3.05) is 13.2 Å². The van der Waals surface area contributed by atoms with Crippen LogP contribution in [0.1, 0.15) is 11.1 Å². The van der Waals surface area contributed by atoms with E-state index in [9.17, 15) is 9.59 Å². The van der Waals surface area contributed by atoms with E-state index in [1.165, 1.54) is 4.90 Å². The number of benzene rings is 2. The second-order valence-corrected chi connectivity index (χ2v) is 5.80. The van der Waals surface area contributed by atoms with E-state index in [0.29, 0.717) is 6.42 Å². The van der Waals surface area contributed by atoms with Crippen molar-refractivity contribution >= 4 is 11.9 Å². The van der Waals surface area contributed by atoms with Crippen molar-refractivity contribution in [2.24, 2.45) is 0 Å². The average molecular weight is 324 g/mol. The standard InChI is InChI=1S/C19H20N2O3/c1-14-7-5-6-10-17(14)24-12-11-21-18(22)16(20-19(21)23)13-15-8-3-2-4-9-15/h2-10,16H,11-13H2,1H3,(H,20,23)/t16-/m1/s1. The molecule has 2 aromatic rings. The summed E-state index contributed by atoms with van der Waals surface area (Å²) in [4.78, 5) is 25.7. The lowest BCUT2D eigenvalue weighted by Crippen LogP contribution is -2.35. The monoisotopic (exact) mass is 324 g/mol. The van der Waals surface area contributed by atoms with E-state index in [-0.39, 0.29) is 25.1 Å². The molecule has 5 heteroatoms. The summed E-state index contributed by atoms with van der Waals surface area (Å²) in [5.41, 5.74) is 2.05. The third kappa shape index (κ3) is 3.56. The van der Waals surface area contributed by atoms with Gasteiger partial charge in [-0.2, -0.15) is 0 Å². The zero-order valence-corrected chi connectivity index (χ0v) is 13.6. The van der Waals surface area contributed by atoms with Crippen molar-refractivity contribution in [3.63, 3.8) is 0 Å². The van der Waals surface area contributed by atoms with Gasteiger partial charge in [-0.1, -0.05) is 48.5 Å². The number of rotatable bonds is 6. The van der Waals surface area contributed by atoms with Crippen LogP contribution in [-0.4, -0.2) is 36.0 Å². The Balaban J connectivity index is 1.55. The maximum absolute atomic E-state index is 12.4. The number of nitrogens with zero attached hydrogens (tertiary/aromatic N) is 1. The number of hydrogen-bond donors (Lipinski definition) is 1. The zero-order valence-electron chi connectivity index (χ0n) is 13.6. The van der Waals surface area contributed by atoms with Gasteiger partial charge in [-0.3, -0.25) is 9.69 Å². The number of carbonyl (C=O) groups is 2. The van der Waals surface area contributed by atoms with Crippen molar-refractivity contribution in [2.45, 2.75) is 19.4 Å². The molecule has 24 heavy (non-hydrogen) atoms. The summed E-state index contributed by atoms with van der Waals surface area (Å²) in [5.74, 6) is 0.572. The Hall–Kier alpha value is -2.82. The number of imide groups is 1. The predicted octanol–water partition coefficient (Wildman–Crippen LogP) is 2.54. The van der Waals surface area contributed by atoms with Crippen LogP contribution in [0.4, 0.5) is 4.79 Å². The van der Waals surface area contributed by atoms with Crippen molar-refractivity contribution in [1.29, 1.82) is 0 Å². The van der Waals surface area contributed by atoms with Crippen molar-refractivity contribution in [3.05, 3.63) is 65.7 Å². The van der Waals surface area contributed by atoms with Crippen LogP contribution in [-0.2, 0) is 11.2 Å². The van der Waals surface area contributed by atoms with Gasteiger partial charge in [-0.15, -0.1) is 0 Å². The molecule has 3 amide bonds. The molecule has 0 aromatic heterocycles. The first kappa shape index (κ1) is 16.1. The Morgan fingerprint density at radius 2 is 1.75 bits per heavy atom. The Kier molecular flexibility index (Phi) is 4.79. The fraction of sp³-hybridized carbons (Fsp3) is 0.263. The molecule has 2 aromatic carbocycles. The SMILES string of the molecule is Cc1ccccc1OCCN1C(=O)N[C@H](Cc2ccccc2)C1=O. The van der Waals surface area contributed by atoms with Gasteiger partial charge in [0.1, 0.15) is 18.4 Å². The first-order chi connectivity index (χ1) is 11.6. The van der Waals surface area contributed by atoms with Gasteiger partial charge in [0.05, 0.1) is 6.54 Å². The second kappa shape index (κ2) is 7.17. The average Bonchev–Trinajstić information content (AvgIpc) is 2.85.